The maximum atomic E-state index is 12.0. The lowest BCUT2D eigenvalue weighted by Gasteiger charge is -2.22. The van der Waals surface area contributed by atoms with Crippen molar-refractivity contribution in [2.45, 2.75) is 51.3 Å². The van der Waals surface area contributed by atoms with Crippen LogP contribution < -0.4 is 10.6 Å². The van der Waals surface area contributed by atoms with E-state index >= 15 is 0 Å². The van der Waals surface area contributed by atoms with Crippen molar-refractivity contribution in [1.82, 2.24) is 25.4 Å². The third-order valence-electron chi connectivity index (χ3n) is 4.33. The standard InChI is InChI=1S/C16H23N5O2S/c1-16(23,12-6-8-24-10-12)11-18-15(22)17-9-14-20-19-13-5-3-2-4-7-21(13)14/h6,8,10,23H,2-5,7,9,11H2,1H3,(H2,17,18,22). The molecule has 0 radical (unpaired) electrons. The maximum absolute atomic E-state index is 12.0. The van der Waals surface area contributed by atoms with Gasteiger partial charge in [0, 0.05) is 13.0 Å². The lowest BCUT2D eigenvalue weighted by Crippen LogP contribution is -2.43. The van der Waals surface area contributed by atoms with E-state index in [2.05, 4.69) is 25.4 Å². The minimum Gasteiger partial charge on any atom is -0.384 e. The Morgan fingerprint density at radius 2 is 2.25 bits per heavy atom. The number of thiophene rings is 1. The van der Waals surface area contributed by atoms with Gasteiger partial charge in [0.1, 0.15) is 11.4 Å². The first kappa shape index (κ1) is 16.9. The molecular formula is C16H23N5O2S. The van der Waals surface area contributed by atoms with E-state index in [1.54, 1.807) is 6.92 Å². The van der Waals surface area contributed by atoms with Crippen molar-refractivity contribution in [2.24, 2.45) is 0 Å². The number of urea groups is 1. The third kappa shape index (κ3) is 3.93. The predicted molar refractivity (Wildman–Crippen MR) is 91.7 cm³/mol. The van der Waals surface area contributed by atoms with E-state index in [1.807, 2.05) is 16.8 Å². The molecule has 2 aromatic heterocycles. The number of aromatic nitrogens is 3. The average Bonchev–Trinajstić information content (AvgIpc) is 3.17. The number of nitrogens with zero attached hydrogens (tertiary/aromatic N) is 3. The van der Waals surface area contributed by atoms with Crippen LogP contribution in [0.15, 0.2) is 16.8 Å². The highest BCUT2D eigenvalue weighted by Gasteiger charge is 2.24. The van der Waals surface area contributed by atoms with E-state index in [0.717, 1.165) is 43.0 Å². The van der Waals surface area contributed by atoms with Crippen LogP contribution in [-0.2, 0) is 25.1 Å². The summed E-state index contributed by atoms with van der Waals surface area (Å²) in [5, 5.41) is 28.1. The summed E-state index contributed by atoms with van der Waals surface area (Å²) in [7, 11) is 0. The first-order valence-electron chi connectivity index (χ1n) is 8.24. The van der Waals surface area contributed by atoms with Gasteiger partial charge in [-0.1, -0.05) is 6.42 Å². The zero-order valence-electron chi connectivity index (χ0n) is 13.8. The molecule has 1 atom stereocenters. The number of aliphatic hydroxyl groups is 1. The highest BCUT2D eigenvalue weighted by atomic mass is 32.1. The molecule has 0 bridgehead atoms. The summed E-state index contributed by atoms with van der Waals surface area (Å²) in [6.45, 7) is 3.08. The Morgan fingerprint density at radius 3 is 3.04 bits per heavy atom. The Labute approximate surface area is 145 Å². The van der Waals surface area contributed by atoms with Gasteiger partial charge in [-0.3, -0.25) is 0 Å². The van der Waals surface area contributed by atoms with Crippen LogP contribution >= 0.6 is 11.3 Å². The number of nitrogens with one attached hydrogen (secondary N) is 2. The molecule has 0 spiro atoms. The normalized spacial score (nSPS) is 16.8. The van der Waals surface area contributed by atoms with E-state index in [9.17, 15) is 9.90 Å². The van der Waals surface area contributed by atoms with Gasteiger partial charge in [0.2, 0.25) is 0 Å². The molecule has 0 aliphatic carbocycles. The fraction of sp³-hybridized carbons (Fsp3) is 0.562. The van der Waals surface area contributed by atoms with Crippen molar-refractivity contribution in [3.63, 3.8) is 0 Å². The Kier molecular flexibility index (Phi) is 5.15. The summed E-state index contributed by atoms with van der Waals surface area (Å²) in [5.41, 5.74) is -0.279. The van der Waals surface area contributed by atoms with Gasteiger partial charge in [0.05, 0.1) is 13.1 Å². The topological polar surface area (TPSA) is 92.1 Å². The molecule has 0 fully saturated rings. The van der Waals surface area contributed by atoms with Gasteiger partial charge < -0.3 is 20.3 Å². The van der Waals surface area contributed by atoms with Crippen molar-refractivity contribution >= 4 is 17.4 Å². The molecular weight excluding hydrogens is 326 g/mol. The fourth-order valence-corrected chi connectivity index (χ4v) is 3.61. The Bertz CT molecular complexity index is 681. The molecule has 130 valence electrons. The van der Waals surface area contributed by atoms with Crippen LogP contribution in [-0.4, -0.2) is 32.4 Å². The minimum absolute atomic E-state index is 0.146. The molecule has 1 unspecified atom stereocenters. The maximum Gasteiger partial charge on any atom is 0.315 e. The smallest absolute Gasteiger partial charge is 0.315 e. The summed E-state index contributed by atoms with van der Waals surface area (Å²) in [6, 6.07) is 1.53. The Hall–Kier alpha value is -1.93. The van der Waals surface area contributed by atoms with Crippen LogP contribution in [0.4, 0.5) is 4.79 Å². The number of carbonyl (C=O) groups is 1. The fourth-order valence-electron chi connectivity index (χ4n) is 2.82. The van der Waals surface area contributed by atoms with Gasteiger partial charge >= 0.3 is 6.03 Å². The van der Waals surface area contributed by atoms with E-state index in [0.29, 0.717) is 6.54 Å². The largest absolute Gasteiger partial charge is 0.384 e. The number of carbonyl (C=O) groups excluding carboxylic acids is 1. The van der Waals surface area contributed by atoms with E-state index in [1.165, 1.54) is 17.8 Å². The lowest BCUT2D eigenvalue weighted by molar-refractivity contribution is 0.0598. The van der Waals surface area contributed by atoms with Crippen LogP contribution in [0, 0.1) is 0 Å². The van der Waals surface area contributed by atoms with Gasteiger partial charge in [-0.05, 0) is 42.2 Å². The number of hydrogen-bond acceptors (Lipinski definition) is 5. The molecule has 2 amide bonds. The summed E-state index contributed by atoms with van der Waals surface area (Å²) >= 11 is 1.52. The molecule has 1 aliphatic heterocycles. The van der Waals surface area contributed by atoms with E-state index in [-0.39, 0.29) is 12.6 Å². The Morgan fingerprint density at radius 1 is 1.38 bits per heavy atom. The molecule has 0 saturated carbocycles. The highest BCUT2D eigenvalue weighted by Crippen LogP contribution is 2.21. The van der Waals surface area contributed by atoms with Gasteiger partial charge in [-0.15, -0.1) is 10.2 Å². The molecule has 2 aromatic rings. The first-order valence-corrected chi connectivity index (χ1v) is 9.18. The summed E-state index contributed by atoms with van der Waals surface area (Å²) in [4.78, 5) is 12.0. The summed E-state index contributed by atoms with van der Waals surface area (Å²) in [5.74, 6) is 1.79. The van der Waals surface area contributed by atoms with Gasteiger partial charge in [-0.25, -0.2) is 4.79 Å². The molecule has 7 nitrogen and oxygen atoms in total. The predicted octanol–water partition coefficient (Wildman–Crippen LogP) is 1.77. The first-order chi connectivity index (χ1) is 11.6. The van der Waals surface area contributed by atoms with Crippen LogP contribution in [0.3, 0.4) is 0 Å². The monoisotopic (exact) mass is 349 g/mol. The number of fused-ring (bicyclic) bond motifs is 1. The quantitative estimate of drug-likeness (QED) is 0.767. The number of aryl methyl sites for hydroxylation is 1. The molecule has 0 aromatic carbocycles. The van der Waals surface area contributed by atoms with Crippen LogP contribution in [0.5, 0.6) is 0 Å². The molecule has 3 rings (SSSR count). The second kappa shape index (κ2) is 7.31. The van der Waals surface area contributed by atoms with Gasteiger partial charge in [-0.2, -0.15) is 11.3 Å². The van der Waals surface area contributed by atoms with E-state index in [4.69, 9.17) is 0 Å². The minimum atomic E-state index is -1.08. The second-order valence-corrected chi connectivity index (χ2v) is 7.10. The summed E-state index contributed by atoms with van der Waals surface area (Å²) in [6.07, 6.45) is 4.41. The number of hydrogen-bond donors (Lipinski definition) is 3. The Balaban J connectivity index is 1.50. The van der Waals surface area contributed by atoms with Crippen LogP contribution in [0.1, 0.15) is 43.4 Å². The summed E-state index contributed by atoms with van der Waals surface area (Å²) < 4.78 is 2.11. The molecule has 24 heavy (non-hydrogen) atoms. The zero-order valence-corrected chi connectivity index (χ0v) is 14.6. The van der Waals surface area contributed by atoms with Crippen LogP contribution in [0.2, 0.25) is 0 Å². The molecule has 3 N–H and O–H groups in total. The van der Waals surface area contributed by atoms with Crippen molar-refractivity contribution < 1.29 is 9.90 Å². The van der Waals surface area contributed by atoms with Crippen molar-refractivity contribution in [1.29, 1.82) is 0 Å². The third-order valence-corrected chi connectivity index (χ3v) is 5.01. The number of amides is 2. The number of rotatable bonds is 5. The molecule has 1 aliphatic rings. The lowest BCUT2D eigenvalue weighted by atomic mass is 9.99. The zero-order chi connectivity index (χ0) is 17.0. The molecule has 3 heterocycles. The highest BCUT2D eigenvalue weighted by molar-refractivity contribution is 7.08. The molecule has 8 heteroatoms. The SMILES string of the molecule is CC(O)(CNC(=O)NCc1nnc2n1CCCCC2)c1ccsc1. The van der Waals surface area contributed by atoms with E-state index < -0.39 is 5.60 Å². The molecule has 0 saturated heterocycles. The van der Waals surface area contributed by atoms with Crippen molar-refractivity contribution in [3.05, 3.63) is 34.0 Å². The van der Waals surface area contributed by atoms with Crippen molar-refractivity contribution in [2.75, 3.05) is 6.54 Å². The van der Waals surface area contributed by atoms with Gasteiger partial charge in [0.15, 0.2) is 5.82 Å². The van der Waals surface area contributed by atoms with Crippen LogP contribution in [0.25, 0.3) is 0 Å². The second-order valence-electron chi connectivity index (χ2n) is 6.32. The average molecular weight is 349 g/mol. The van der Waals surface area contributed by atoms with Gasteiger partial charge in [0.25, 0.3) is 0 Å². The van der Waals surface area contributed by atoms with Crippen molar-refractivity contribution in [3.8, 4) is 0 Å².